The Labute approximate surface area is 109 Å². The van der Waals surface area contributed by atoms with Gasteiger partial charge < -0.3 is 5.11 Å². The van der Waals surface area contributed by atoms with Crippen molar-refractivity contribution in [2.45, 2.75) is 6.10 Å². The molecule has 0 radical (unpaired) electrons. The highest BCUT2D eigenvalue weighted by molar-refractivity contribution is 14.1. The van der Waals surface area contributed by atoms with E-state index in [9.17, 15) is 13.9 Å². The van der Waals surface area contributed by atoms with Gasteiger partial charge in [0.25, 0.3) is 0 Å². The van der Waals surface area contributed by atoms with Crippen molar-refractivity contribution in [2.75, 3.05) is 0 Å². The van der Waals surface area contributed by atoms with E-state index in [4.69, 9.17) is 0 Å². The molecule has 2 rings (SSSR count). The highest BCUT2D eigenvalue weighted by Crippen LogP contribution is 2.30. The van der Waals surface area contributed by atoms with Crippen molar-refractivity contribution >= 4 is 33.9 Å². The molecule has 0 aliphatic rings. The van der Waals surface area contributed by atoms with E-state index >= 15 is 0 Å². The van der Waals surface area contributed by atoms with Crippen LogP contribution in [0.2, 0.25) is 0 Å². The zero-order valence-electron chi connectivity index (χ0n) is 7.95. The van der Waals surface area contributed by atoms with E-state index in [0.717, 1.165) is 15.0 Å². The first-order chi connectivity index (χ1) is 7.59. The molecule has 0 aliphatic carbocycles. The Morgan fingerprint density at radius 1 is 1.25 bits per heavy atom. The smallest absolute Gasteiger partial charge is 0.132 e. The maximum atomic E-state index is 13.4. The molecule has 1 N–H and O–H groups in total. The number of rotatable bonds is 2. The van der Waals surface area contributed by atoms with Gasteiger partial charge in [-0.2, -0.15) is 0 Å². The zero-order valence-corrected chi connectivity index (χ0v) is 10.9. The molecule has 1 aromatic heterocycles. The van der Waals surface area contributed by atoms with Crippen LogP contribution in [0.3, 0.4) is 0 Å². The van der Waals surface area contributed by atoms with Crippen LogP contribution in [0.4, 0.5) is 8.78 Å². The average molecular weight is 352 g/mol. The first-order valence-electron chi connectivity index (χ1n) is 4.45. The first kappa shape index (κ1) is 11.9. The van der Waals surface area contributed by atoms with Gasteiger partial charge in [-0.05, 0) is 51.7 Å². The molecular weight excluding hydrogens is 345 g/mol. The topological polar surface area (TPSA) is 20.2 Å². The van der Waals surface area contributed by atoms with Crippen molar-refractivity contribution in [2.24, 2.45) is 0 Å². The summed E-state index contributed by atoms with van der Waals surface area (Å²) in [5.74, 6) is -1.46. The molecular formula is C11H7F2IOS. The lowest BCUT2D eigenvalue weighted by Crippen LogP contribution is -2.04. The van der Waals surface area contributed by atoms with Crippen LogP contribution in [0.25, 0.3) is 0 Å². The predicted octanol–water partition coefficient (Wildman–Crippen LogP) is 3.71. The maximum Gasteiger partial charge on any atom is 0.132 e. The Kier molecular flexibility index (Phi) is 3.56. The lowest BCUT2D eigenvalue weighted by atomic mass is 10.0. The van der Waals surface area contributed by atoms with Crippen molar-refractivity contribution < 1.29 is 13.9 Å². The van der Waals surface area contributed by atoms with Crippen molar-refractivity contribution in [3.8, 4) is 0 Å². The molecule has 84 valence electrons. The molecule has 5 heteroatoms. The third kappa shape index (κ3) is 2.26. The Bertz CT molecular complexity index is 492. The largest absolute Gasteiger partial charge is 0.383 e. The first-order valence-corrected chi connectivity index (χ1v) is 6.41. The SMILES string of the molecule is OC(c1csc(I)c1)c1c(F)cccc1F. The molecule has 2 aromatic rings. The molecule has 1 unspecified atom stereocenters. The van der Waals surface area contributed by atoms with Crippen LogP contribution in [0.15, 0.2) is 29.6 Å². The highest BCUT2D eigenvalue weighted by atomic mass is 127. The van der Waals surface area contributed by atoms with E-state index in [2.05, 4.69) is 22.6 Å². The Balaban J connectivity index is 2.45. The summed E-state index contributed by atoms with van der Waals surface area (Å²) in [6, 6.07) is 5.26. The third-order valence-corrected chi connectivity index (χ3v) is 3.98. The third-order valence-electron chi connectivity index (χ3n) is 2.18. The van der Waals surface area contributed by atoms with Crippen molar-refractivity contribution in [1.29, 1.82) is 0 Å². The van der Waals surface area contributed by atoms with E-state index in [1.165, 1.54) is 17.4 Å². The molecule has 0 aliphatic heterocycles. The molecule has 16 heavy (non-hydrogen) atoms. The summed E-state index contributed by atoms with van der Waals surface area (Å²) >= 11 is 3.51. The fourth-order valence-corrected chi connectivity index (χ4v) is 2.80. The van der Waals surface area contributed by atoms with Gasteiger partial charge in [0.15, 0.2) is 0 Å². The van der Waals surface area contributed by atoms with Crippen molar-refractivity contribution in [3.05, 3.63) is 55.3 Å². The van der Waals surface area contributed by atoms with Crippen LogP contribution >= 0.6 is 33.9 Å². The summed E-state index contributed by atoms with van der Waals surface area (Å²) < 4.78 is 27.8. The van der Waals surface area contributed by atoms with Crippen LogP contribution in [0.1, 0.15) is 17.2 Å². The summed E-state index contributed by atoms with van der Waals surface area (Å²) in [5.41, 5.74) is 0.218. The van der Waals surface area contributed by atoms with Gasteiger partial charge >= 0.3 is 0 Å². The number of hydrogen-bond donors (Lipinski definition) is 1. The van der Waals surface area contributed by atoms with Crippen LogP contribution in [-0.4, -0.2) is 5.11 Å². The summed E-state index contributed by atoms with van der Waals surface area (Å²) in [4.78, 5) is 0. The van der Waals surface area contributed by atoms with Crippen LogP contribution in [0.5, 0.6) is 0 Å². The second kappa shape index (κ2) is 4.77. The number of thiophene rings is 1. The minimum atomic E-state index is -1.25. The molecule has 0 saturated heterocycles. The van der Waals surface area contributed by atoms with Gasteiger partial charge in [-0.15, -0.1) is 11.3 Å². The monoisotopic (exact) mass is 352 g/mol. The minimum absolute atomic E-state index is 0.295. The molecule has 0 bridgehead atoms. The van der Waals surface area contributed by atoms with E-state index in [1.807, 2.05) is 0 Å². The van der Waals surface area contributed by atoms with Gasteiger partial charge in [0.1, 0.15) is 17.7 Å². The van der Waals surface area contributed by atoms with Crippen molar-refractivity contribution in [3.63, 3.8) is 0 Å². The van der Waals surface area contributed by atoms with E-state index in [0.29, 0.717) is 5.56 Å². The van der Waals surface area contributed by atoms with E-state index in [1.54, 1.807) is 11.4 Å². The van der Waals surface area contributed by atoms with Gasteiger partial charge in [-0.1, -0.05) is 6.07 Å². The minimum Gasteiger partial charge on any atom is -0.383 e. The number of aliphatic hydroxyl groups is 1. The summed E-state index contributed by atoms with van der Waals surface area (Å²) in [6.07, 6.45) is -1.25. The van der Waals surface area contributed by atoms with Gasteiger partial charge in [-0.25, -0.2) is 8.78 Å². The number of hydrogen-bond acceptors (Lipinski definition) is 2. The van der Waals surface area contributed by atoms with Crippen molar-refractivity contribution in [1.82, 2.24) is 0 Å². The fourth-order valence-electron chi connectivity index (χ4n) is 1.41. The molecule has 1 aromatic carbocycles. The average Bonchev–Trinajstić information content (AvgIpc) is 2.64. The second-order valence-corrected chi connectivity index (χ2v) is 6.03. The Morgan fingerprint density at radius 2 is 1.88 bits per heavy atom. The zero-order chi connectivity index (χ0) is 11.7. The van der Waals surface area contributed by atoms with Crippen LogP contribution in [0, 0.1) is 14.5 Å². The summed E-state index contributed by atoms with van der Waals surface area (Å²) in [5, 5.41) is 11.6. The van der Waals surface area contributed by atoms with Crippen LogP contribution < -0.4 is 0 Å². The highest BCUT2D eigenvalue weighted by Gasteiger charge is 2.20. The summed E-state index contributed by atoms with van der Waals surface area (Å²) in [7, 11) is 0. The normalized spacial score (nSPS) is 12.8. The lowest BCUT2D eigenvalue weighted by Gasteiger charge is -2.11. The van der Waals surface area contributed by atoms with Crippen LogP contribution in [-0.2, 0) is 0 Å². The molecule has 0 spiro atoms. The van der Waals surface area contributed by atoms with E-state index in [-0.39, 0.29) is 5.56 Å². The van der Waals surface area contributed by atoms with Gasteiger partial charge in [0.2, 0.25) is 0 Å². The quantitative estimate of drug-likeness (QED) is 0.817. The summed E-state index contributed by atoms with van der Waals surface area (Å²) in [6.45, 7) is 0. The Hall–Kier alpha value is -0.530. The number of benzene rings is 1. The maximum absolute atomic E-state index is 13.4. The molecule has 1 nitrogen and oxygen atoms in total. The molecule has 0 amide bonds. The predicted molar refractivity (Wildman–Crippen MR) is 67.5 cm³/mol. The second-order valence-electron chi connectivity index (χ2n) is 3.22. The number of aliphatic hydroxyl groups excluding tert-OH is 1. The fraction of sp³-hybridized carbons (Fsp3) is 0.0909. The van der Waals surface area contributed by atoms with Gasteiger partial charge in [0, 0.05) is 0 Å². The number of halogens is 3. The van der Waals surface area contributed by atoms with Gasteiger partial charge in [-0.3, -0.25) is 0 Å². The standard InChI is InChI=1S/C11H7F2IOS/c12-7-2-1-3-8(13)10(7)11(15)6-4-9(14)16-5-6/h1-5,11,15H. The van der Waals surface area contributed by atoms with E-state index < -0.39 is 17.7 Å². The molecule has 0 saturated carbocycles. The molecule has 1 atom stereocenters. The van der Waals surface area contributed by atoms with Gasteiger partial charge in [0.05, 0.1) is 8.45 Å². The Morgan fingerprint density at radius 3 is 2.38 bits per heavy atom. The molecule has 1 heterocycles. The molecule has 0 fully saturated rings. The lowest BCUT2D eigenvalue weighted by molar-refractivity contribution is 0.209.